The molecule has 6 heteroatoms. The predicted octanol–water partition coefficient (Wildman–Crippen LogP) is 20.6. The molecule has 0 N–H and O–H groups in total. The Balaban J connectivity index is 4.36. The van der Waals surface area contributed by atoms with Crippen LogP contribution in [-0.4, -0.2) is 37.2 Å². The molecule has 0 aliphatic rings. The van der Waals surface area contributed by atoms with Gasteiger partial charge in [0.05, 0.1) is 0 Å². The van der Waals surface area contributed by atoms with E-state index in [9.17, 15) is 14.4 Å². The summed E-state index contributed by atoms with van der Waals surface area (Å²) in [6, 6.07) is 0. The van der Waals surface area contributed by atoms with E-state index in [0.717, 1.165) is 64.2 Å². The number of ether oxygens (including phenoxy) is 3. The number of hydrogen-bond acceptors (Lipinski definition) is 6. The Bertz CT molecular complexity index is 1220. The second kappa shape index (κ2) is 58.9. The van der Waals surface area contributed by atoms with Crippen molar-refractivity contribution in [3.05, 3.63) is 48.6 Å². The molecule has 0 aromatic rings. The topological polar surface area (TPSA) is 78.9 Å². The fourth-order valence-corrected chi connectivity index (χ4v) is 8.90. The van der Waals surface area contributed by atoms with Gasteiger partial charge in [0.15, 0.2) is 6.10 Å². The van der Waals surface area contributed by atoms with Gasteiger partial charge in [-0.3, -0.25) is 14.4 Å². The quantitative estimate of drug-likeness (QED) is 0.0199. The minimum absolute atomic E-state index is 0.0777. The molecule has 0 spiro atoms. The first-order valence-electron chi connectivity index (χ1n) is 30.7. The van der Waals surface area contributed by atoms with Crippen LogP contribution in [0.3, 0.4) is 0 Å². The molecular weight excluding hydrogens is 865 g/mol. The van der Waals surface area contributed by atoms with Crippen LogP contribution in [0.4, 0.5) is 0 Å². The van der Waals surface area contributed by atoms with Gasteiger partial charge in [-0.1, -0.05) is 256 Å². The first-order chi connectivity index (χ1) is 34.5. The van der Waals surface area contributed by atoms with Crippen LogP contribution in [0.2, 0.25) is 0 Å². The number of carbonyl (C=O) groups is 3. The van der Waals surface area contributed by atoms with E-state index >= 15 is 0 Å². The first-order valence-corrected chi connectivity index (χ1v) is 30.7. The van der Waals surface area contributed by atoms with Gasteiger partial charge in [-0.05, 0) is 96.3 Å². The lowest BCUT2D eigenvalue weighted by Crippen LogP contribution is -2.30. The second-order valence-electron chi connectivity index (χ2n) is 20.6. The average Bonchev–Trinajstić information content (AvgIpc) is 3.36. The highest BCUT2D eigenvalue weighted by atomic mass is 16.6. The minimum Gasteiger partial charge on any atom is -0.462 e. The summed E-state index contributed by atoms with van der Waals surface area (Å²) in [5, 5.41) is 0. The van der Waals surface area contributed by atoms with Gasteiger partial charge in [0.2, 0.25) is 0 Å². The predicted molar refractivity (Wildman–Crippen MR) is 302 cm³/mol. The number of hydrogen-bond donors (Lipinski definition) is 0. The molecular formula is C64H116O6. The molecule has 408 valence electrons. The maximum atomic E-state index is 12.9. The SMILES string of the molecule is CCCCC/C=C\C=C/CCCCCCCCCCCCC(=O)OCC(COC(=O)CCCCCCCCC/C=C\CCCCCC)OC(=O)CCCCCCC/C=C\CCCCCCCCCCC. The van der Waals surface area contributed by atoms with Gasteiger partial charge in [-0.25, -0.2) is 0 Å². The van der Waals surface area contributed by atoms with Crippen LogP contribution in [-0.2, 0) is 28.6 Å². The molecule has 0 radical (unpaired) electrons. The number of allylic oxidation sites excluding steroid dienone is 8. The molecule has 0 aromatic heterocycles. The monoisotopic (exact) mass is 981 g/mol. The van der Waals surface area contributed by atoms with Crippen LogP contribution in [0.25, 0.3) is 0 Å². The standard InChI is InChI=1S/C64H116O6/c1-4-7-10-13-16-19-22-25-28-30-32-34-36-39-42-45-48-51-54-57-63(66)69-60-61(59-68-62(65)56-53-50-47-44-41-38-35-27-24-21-18-15-12-9-6-3)70-64(67)58-55-52-49-46-43-40-37-33-31-29-26-23-20-17-14-11-8-5-2/h16,19,21-22,24-25,33,37,61H,4-15,17-18,20,23,26-32,34-36,38-60H2,1-3H3/b19-16-,24-21-,25-22-,37-33-. The lowest BCUT2D eigenvalue weighted by atomic mass is 10.1. The van der Waals surface area contributed by atoms with Crippen molar-refractivity contribution < 1.29 is 28.6 Å². The molecule has 0 bridgehead atoms. The summed E-state index contributed by atoms with van der Waals surface area (Å²) < 4.78 is 16.9. The fourth-order valence-electron chi connectivity index (χ4n) is 8.90. The van der Waals surface area contributed by atoms with E-state index in [4.69, 9.17) is 14.2 Å². The van der Waals surface area contributed by atoms with Gasteiger partial charge in [0.1, 0.15) is 13.2 Å². The normalized spacial score (nSPS) is 12.3. The van der Waals surface area contributed by atoms with E-state index in [0.29, 0.717) is 19.3 Å². The van der Waals surface area contributed by atoms with Crippen molar-refractivity contribution in [1.29, 1.82) is 0 Å². The Morgan fingerprint density at radius 1 is 0.286 bits per heavy atom. The zero-order valence-electron chi connectivity index (χ0n) is 46.8. The highest BCUT2D eigenvalue weighted by Gasteiger charge is 2.19. The van der Waals surface area contributed by atoms with E-state index in [2.05, 4.69) is 69.4 Å². The molecule has 0 aromatic carbocycles. The molecule has 0 saturated carbocycles. The summed E-state index contributed by atoms with van der Waals surface area (Å²) in [7, 11) is 0. The third-order valence-corrected chi connectivity index (χ3v) is 13.6. The van der Waals surface area contributed by atoms with Gasteiger partial charge in [0, 0.05) is 19.3 Å². The van der Waals surface area contributed by atoms with E-state index in [1.165, 1.54) is 218 Å². The molecule has 0 fully saturated rings. The third kappa shape index (κ3) is 56.3. The van der Waals surface area contributed by atoms with Gasteiger partial charge in [-0.15, -0.1) is 0 Å². The number of rotatable bonds is 56. The Hall–Kier alpha value is -2.63. The Morgan fingerprint density at radius 3 is 0.843 bits per heavy atom. The largest absolute Gasteiger partial charge is 0.462 e. The Morgan fingerprint density at radius 2 is 0.514 bits per heavy atom. The van der Waals surface area contributed by atoms with Gasteiger partial charge >= 0.3 is 17.9 Å². The summed E-state index contributed by atoms with van der Waals surface area (Å²) in [6.45, 7) is 6.63. The maximum Gasteiger partial charge on any atom is 0.306 e. The molecule has 1 atom stereocenters. The van der Waals surface area contributed by atoms with Crippen molar-refractivity contribution in [3.63, 3.8) is 0 Å². The number of esters is 3. The fraction of sp³-hybridized carbons (Fsp3) is 0.828. The summed E-state index contributed by atoms with van der Waals surface area (Å²) in [6.07, 6.45) is 72.4. The summed E-state index contributed by atoms with van der Waals surface area (Å²) >= 11 is 0. The lowest BCUT2D eigenvalue weighted by molar-refractivity contribution is -0.167. The van der Waals surface area contributed by atoms with Gasteiger partial charge < -0.3 is 14.2 Å². The molecule has 0 amide bonds. The molecule has 0 aliphatic carbocycles. The van der Waals surface area contributed by atoms with E-state index in [-0.39, 0.29) is 31.1 Å². The van der Waals surface area contributed by atoms with Crippen molar-refractivity contribution in [1.82, 2.24) is 0 Å². The van der Waals surface area contributed by atoms with Crippen molar-refractivity contribution >= 4 is 17.9 Å². The third-order valence-electron chi connectivity index (χ3n) is 13.6. The van der Waals surface area contributed by atoms with Crippen molar-refractivity contribution in [2.24, 2.45) is 0 Å². The van der Waals surface area contributed by atoms with E-state index in [1.807, 2.05) is 0 Å². The van der Waals surface area contributed by atoms with Gasteiger partial charge in [-0.2, -0.15) is 0 Å². The first kappa shape index (κ1) is 67.4. The molecule has 0 saturated heterocycles. The molecule has 0 rings (SSSR count). The van der Waals surface area contributed by atoms with E-state index in [1.54, 1.807) is 0 Å². The maximum absolute atomic E-state index is 12.9. The van der Waals surface area contributed by atoms with E-state index < -0.39 is 6.10 Å². The number of carbonyl (C=O) groups excluding carboxylic acids is 3. The van der Waals surface area contributed by atoms with Crippen molar-refractivity contribution in [2.75, 3.05) is 13.2 Å². The molecule has 70 heavy (non-hydrogen) atoms. The highest BCUT2D eigenvalue weighted by molar-refractivity contribution is 5.71. The molecule has 0 heterocycles. The zero-order chi connectivity index (χ0) is 50.7. The summed E-state index contributed by atoms with van der Waals surface area (Å²) in [5.41, 5.74) is 0. The molecule has 0 aliphatic heterocycles. The summed E-state index contributed by atoms with van der Waals surface area (Å²) in [4.78, 5) is 38.2. The van der Waals surface area contributed by atoms with Crippen LogP contribution in [0, 0.1) is 0 Å². The lowest BCUT2D eigenvalue weighted by Gasteiger charge is -2.18. The van der Waals surface area contributed by atoms with Crippen LogP contribution in [0.1, 0.15) is 323 Å². The van der Waals surface area contributed by atoms with Crippen LogP contribution < -0.4 is 0 Å². The second-order valence-corrected chi connectivity index (χ2v) is 20.6. The van der Waals surface area contributed by atoms with Crippen molar-refractivity contribution in [3.8, 4) is 0 Å². The summed E-state index contributed by atoms with van der Waals surface area (Å²) in [5.74, 6) is -0.877. The van der Waals surface area contributed by atoms with Crippen molar-refractivity contribution in [2.45, 2.75) is 329 Å². The zero-order valence-corrected chi connectivity index (χ0v) is 46.8. The number of unbranched alkanes of at least 4 members (excludes halogenated alkanes) is 38. The van der Waals surface area contributed by atoms with Crippen LogP contribution in [0.15, 0.2) is 48.6 Å². The Kier molecular flexibility index (Phi) is 56.7. The minimum atomic E-state index is -0.780. The van der Waals surface area contributed by atoms with Crippen LogP contribution >= 0.6 is 0 Å². The average molecular weight is 982 g/mol. The smallest absolute Gasteiger partial charge is 0.306 e. The molecule has 1 unspecified atom stereocenters. The highest BCUT2D eigenvalue weighted by Crippen LogP contribution is 2.16. The molecule has 6 nitrogen and oxygen atoms in total. The Labute approximate surface area is 435 Å². The van der Waals surface area contributed by atoms with Crippen LogP contribution in [0.5, 0.6) is 0 Å². The van der Waals surface area contributed by atoms with Gasteiger partial charge in [0.25, 0.3) is 0 Å².